The minimum Gasteiger partial charge on any atom is -0.342 e. The molecule has 25 heavy (non-hydrogen) atoms. The molecule has 0 radical (unpaired) electrons. The number of aryl methyl sites for hydroxylation is 1. The Balaban J connectivity index is 1.40. The Morgan fingerprint density at radius 3 is 2.72 bits per heavy atom. The van der Waals surface area contributed by atoms with Crippen molar-refractivity contribution in [1.29, 1.82) is 0 Å². The fraction of sp³-hybridized carbons (Fsp3) is 0.350. The molecular formula is C20H22N4O. The highest BCUT2D eigenvalue weighted by Gasteiger charge is 2.24. The molecule has 4 rings (SSSR count). The third kappa shape index (κ3) is 3.40. The SMILES string of the molecule is Cc1nc2ccc(C(=O)N3CCC(Cc4ccncc4)CC3)cc2[nH]1. The zero-order valence-electron chi connectivity index (χ0n) is 14.4. The Morgan fingerprint density at radius 1 is 1.20 bits per heavy atom. The molecule has 1 aliphatic rings. The van der Waals surface area contributed by atoms with Crippen LogP contribution in [0.25, 0.3) is 11.0 Å². The highest BCUT2D eigenvalue weighted by Crippen LogP contribution is 2.23. The van der Waals surface area contributed by atoms with Crippen molar-refractivity contribution in [2.45, 2.75) is 26.2 Å². The zero-order valence-corrected chi connectivity index (χ0v) is 14.4. The fourth-order valence-electron chi connectivity index (χ4n) is 3.65. The van der Waals surface area contributed by atoms with Crippen LogP contribution in [0.4, 0.5) is 0 Å². The summed E-state index contributed by atoms with van der Waals surface area (Å²) in [6.45, 7) is 3.58. The molecule has 3 heterocycles. The Kier molecular flexibility index (Phi) is 4.22. The second-order valence-electron chi connectivity index (χ2n) is 6.85. The highest BCUT2D eigenvalue weighted by molar-refractivity contribution is 5.97. The first kappa shape index (κ1) is 15.8. The predicted octanol–water partition coefficient (Wildman–Crippen LogP) is 3.36. The minimum atomic E-state index is 0.122. The van der Waals surface area contributed by atoms with Gasteiger partial charge in [-0.2, -0.15) is 0 Å². The second-order valence-corrected chi connectivity index (χ2v) is 6.85. The molecule has 1 aromatic carbocycles. The molecule has 0 unspecified atom stereocenters. The number of carbonyl (C=O) groups excluding carboxylic acids is 1. The number of H-pyrrole nitrogens is 1. The van der Waals surface area contributed by atoms with Crippen molar-refractivity contribution >= 4 is 16.9 Å². The van der Waals surface area contributed by atoms with Gasteiger partial charge in [0.25, 0.3) is 5.91 Å². The highest BCUT2D eigenvalue weighted by atomic mass is 16.2. The smallest absolute Gasteiger partial charge is 0.253 e. The van der Waals surface area contributed by atoms with E-state index in [0.717, 1.165) is 54.8 Å². The van der Waals surface area contributed by atoms with Crippen LogP contribution in [-0.2, 0) is 6.42 Å². The molecule has 5 nitrogen and oxygen atoms in total. The van der Waals surface area contributed by atoms with Crippen LogP contribution in [-0.4, -0.2) is 38.8 Å². The molecule has 1 amide bonds. The maximum absolute atomic E-state index is 12.8. The fourth-order valence-corrected chi connectivity index (χ4v) is 3.65. The van der Waals surface area contributed by atoms with E-state index in [2.05, 4.69) is 27.1 Å². The van der Waals surface area contributed by atoms with Crippen molar-refractivity contribution < 1.29 is 4.79 Å². The van der Waals surface area contributed by atoms with Gasteiger partial charge in [0.15, 0.2) is 0 Å². The Labute approximate surface area is 147 Å². The molecule has 1 fully saturated rings. The Morgan fingerprint density at radius 2 is 1.96 bits per heavy atom. The van der Waals surface area contributed by atoms with Crippen LogP contribution in [0.2, 0.25) is 0 Å². The first-order valence-electron chi connectivity index (χ1n) is 8.83. The summed E-state index contributed by atoms with van der Waals surface area (Å²) in [6.07, 6.45) is 6.88. The first-order valence-corrected chi connectivity index (χ1v) is 8.83. The normalized spacial score (nSPS) is 15.6. The maximum atomic E-state index is 12.8. The van der Waals surface area contributed by atoms with Crippen LogP contribution in [0.5, 0.6) is 0 Å². The topological polar surface area (TPSA) is 61.9 Å². The Hall–Kier alpha value is -2.69. The van der Waals surface area contributed by atoms with Gasteiger partial charge in [0, 0.05) is 31.0 Å². The number of hydrogen-bond donors (Lipinski definition) is 1. The zero-order chi connectivity index (χ0) is 17.2. The molecule has 0 spiro atoms. The number of piperidine rings is 1. The molecule has 0 aliphatic carbocycles. The van der Waals surface area contributed by atoms with Gasteiger partial charge in [0.1, 0.15) is 5.82 Å². The number of imidazole rings is 1. The summed E-state index contributed by atoms with van der Waals surface area (Å²) in [5.74, 6) is 1.64. The van der Waals surface area contributed by atoms with Crippen LogP contribution in [0.3, 0.4) is 0 Å². The van der Waals surface area contributed by atoms with Gasteiger partial charge in [0.05, 0.1) is 11.0 Å². The predicted molar refractivity (Wildman–Crippen MR) is 97.4 cm³/mol. The van der Waals surface area contributed by atoms with Crippen molar-refractivity contribution in [3.8, 4) is 0 Å². The van der Waals surface area contributed by atoms with Crippen LogP contribution in [0, 0.1) is 12.8 Å². The third-order valence-electron chi connectivity index (χ3n) is 5.02. The van der Waals surface area contributed by atoms with E-state index in [0.29, 0.717) is 5.92 Å². The third-order valence-corrected chi connectivity index (χ3v) is 5.02. The van der Waals surface area contributed by atoms with E-state index in [9.17, 15) is 4.79 Å². The van der Waals surface area contributed by atoms with Gasteiger partial charge in [-0.1, -0.05) is 0 Å². The van der Waals surface area contributed by atoms with Crippen molar-refractivity contribution in [3.63, 3.8) is 0 Å². The van der Waals surface area contributed by atoms with E-state index < -0.39 is 0 Å². The Bertz CT molecular complexity index is 879. The van der Waals surface area contributed by atoms with Gasteiger partial charge in [-0.05, 0) is 68.0 Å². The standard InChI is InChI=1S/C20H22N4O/c1-14-22-18-3-2-17(13-19(18)23-14)20(25)24-10-6-16(7-11-24)12-15-4-8-21-9-5-15/h2-5,8-9,13,16H,6-7,10-12H2,1H3,(H,22,23). The van der Waals surface area contributed by atoms with Gasteiger partial charge in [0.2, 0.25) is 0 Å². The molecule has 5 heteroatoms. The lowest BCUT2D eigenvalue weighted by Gasteiger charge is -2.32. The van der Waals surface area contributed by atoms with E-state index in [-0.39, 0.29) is 5.91 Å². The number of aromatic amines is 1. The van der Waals surface area contributed by atoms with E-state index in [1.54, 1.807) is 0 Å². The van der Waals surface area contributed by atoms with Crippen LogP contribution >= 0.6 is 0 Å². The lowest BCUT2D eigenvalue weighted by atomic mass is 9.90. The average Bonchev–Trinajstić information content (AvgIpc) is 3.02. The summed E-state index contributed by atoms with van der Waals surface area (Å²) >= 11 is 0. The van der Waals surface area contributed by atoms with Crippen LogP contribution < -0.4 is 0 Å². The number of fused-ring (bicyclic) bond motifs is 1. The summed E-state index contributed by atoms with van der Waals surface area (Å²) in [4.78, 5) is 26.4. The lowest BCUT2D eigenvalue weighted by Crippen LogP contribution is -2.38. The molecule has 3 aromatic rings. The lowest BCUT2D eigenvalue weighted by molar-refractivity contribution is 0.0690. The summed E-state index contributed by atoms with van der Waals surface area (Å²) < 4.78 is 0. The van der Waals surface area contributed by atoms with Crippen molar-refractivity contribution in [2.75, 3.05) is 13.1 Å². The number of pyridine rings is 1. The number of nitrogens with one attached hydrogen (secondary N) is 1. The quantitative estimate of drug-likeness (QED) is 0.799. The molecule has 1 aliphatic heterocycles. The number of aromatic nitrogens is 3. The van der Waals surface area contributed by atoms with Gasteiger partial charge in [-0.25, -0.2) is 4.98 Å². The van der Waals surface area contributed by atoms with Crippen molar-refractivity contribution in [2.24, 2.45) is 5.92 Å². The van der Waals surface area contributed by atoms with Gasteiger partial charge in [-0.15, -0.1) is 0 Å². The minimum absolute atomic E-state index is 0.122. The van der Waals surface area contributed by atoms with Crippen LogP contribution in [0.1, 0.15) is 34.6 Å². The summed E-state index contributed by atoms with van der Waals surface area (Å²) in [7, 11) is 0. The number of carbonyl (C=O) groups is 1. The monoisotopic (exact) mass is 334 g/mol. The molecule has 128 valence electrons. The number of hydrogen-bond acceptors (Lipinski definition) is 3. The summed E-state index contributed by atoms with van der Waals surface area (Å²) in [5, 5.41) is 0. The number of amides is 1. The molecule has 1 N–H and O–H groups in total. The second kappa shape index (κ2) is 6.67. The van der Waals surface area contributed by atoms with Gasteiger partial charge < -0.3 is 9.88 Å². The molecule has 0 saturated carbocycles. The maximum Gasteiger partial charge on any atom is 0.253 e. The van der Waals surface area contributed by atoms with E-state index in [4.69, 9.17) is 0 Å². The van der Waals surface area contributed by atoms with Crippen molar-refractivity contribution in [3.05, 3.63) is 59.7 Å². The molecule has 2 aromatic heterocycles. The average molecular weight is 334 g/mol. The summed E-state index contributed by atoms with van der Waals surface area (Å²) in [5.41, 5.74) is 3.91. The molecule has 0 bridgehead atoms. The molecule has 0 atom stereocenters. The summed E-state index contributed by atoms with van der Waals surface area (Å²) in [6, 6.07) is 9.88. The van der Waals surface area contributed by atoms with Gasteiger partial charge >= 0.3 is 0 Å². The first-order chi connectivity index (χ1) is 12.2. The molecular weight excluding hydrogens is 312 g/mol. The largest absolute Gasteiger partial charge is 0.342 e. The number of rotatable bonds is 3. The number of benzene rings is 1. The van der Waals surface area contributed by atoms with Crippen LogP contribution in [0.15, 0.2) is 42.7 Å². The van der Waals surface area contributed by atoms with E-state index in [1.165, 1.54) is 5.56 Å². The number of nitrogens with zero attached hydrogens (tertiary/aromatic N) is 3. The molecule has 1 saturated heterocycles. The van der Waals surface area contributed by atoms with Crippen molar-refractivity contribution in [1.82, 2.24) is 19.9 Å². The number of likely N-dealkylation sites (tertiary alicyclic amines) is 1. The van der Waals surface area contributed by atoms with E-state index in [1.807, 2.05) is 42.4 Å². The van der Waals surface area contributed by atoms with Gasteiger partial charge in [-0.3, -0.25) is 9.78 Å². The van der Waals surface area contributed by atoms with E-state index >= 15 is 0 Å².